The smallest absolute Gasteiger partial charge is 0.272 e. The van der Waals surface area contributed by atoms with Crippen molar-refractivity contribution >= 4 is 34.3 Å². The number of unbranched alkanes of at least 4 members (excludes halogenated alkanes) is 1. The van der Waals surface area contributed by atoms with Gasteiger partial charge >= 0.3 is 0 Å². The monoisotopic (exact) mass is 508 g/mol. The van der Waals surface area contributed by atoms with Crippen LogP contribution >= 0.6 is 11.6 Å². The molecule has 1 N–H and O–H groups in total. The van der Waals surface area contributed by atoms with Crippen LogP contribution in [0.15, 0.2) is 18.2 Å². The topological polar surface area (TPSA) is 76.0 Å². The van der Waals surface area contributed by atoms with Gasteiger partial charge in [-0.1, -0.05) is 30.7 Å². The Hall–Kier alpha value is -2.29. The highest BCUT2D eigenvalue weighted by atomic mass is 35.5. The number of methoxy groups -OCH3 is 1. The minimum atomic E-state index is -0.147. The zero-order valence-corrected chi connectivity index (χ0v) is 22.9. The minimum absolute atomic E-state index is 0.00902. The van der Waals surface area contributed by atoms with Gasteiger partial charge in [-0.25, -0.2) is 0 Å². The van der Waals surface area contributed by atoms with Crippen LogP contribution in [0.2, 0.25) is 5.02 Å². The lowest BCUT2D eigenvalue weighted by molar-refractivity contribution is -0.130. The van der Waals surface area contributed by atoms with E-state index in [9.17, 15) is 9.59 Å². The number of nitrogens with zero attached hydrogens (tertiary/aromatic N) is 3. The van der Waals surface area contributed by atoms with Crippen molar-refractivity contribution in [1.29, 1.82) is 0 Å². The van der Waals surface area contributed by atoms with Crippen molar-refractivity contribution in [3.63, 3.8) is 0 Å². The highest BCUT2D eigenvalue weighted by Gasteiger charge is 2.32. The molecule has 0 aliphatic carbocycles. The van der Waals surface area contributed by atoms with E-state index in [1.54, 1.807) is 21.2 Å². The van der Waals surface area contributed by atoms with Crippen LogP contribution in [0.25, 0.3) is 10.9 Å². The third-order valence-corrected chi connectivity index (χ3v) is 6.49. The van der Waals surface area contributed by atoms with Crippen LogP contribution in [0.4, 0.5) is 0 Å². The predicted octanol–water partition coefficient (Wildman–Crippen LogP) is 4.04. The molecule has 0 bridgehead atoms. The summed E-state index contributed by atoms with van der Waals surface area (Å²) in [6, 6.07) is 5.56. The van der Waals surface area contributed by atoms with Crippen molar-refractivity contribution in [2.45, 2.75) is 58.7 Å². The van der Waals surface area contributed by atoms with Crippen molar-refractivity contribution in [3.05, 3.63) is 28.9 Å². The van der Waals surface area contributed by atoms with E-state index in [0.717, 1.165) is 30.2 Å². The number of hydrogen-bond acceptors (Lipinski definition) is 5. The van der Waals surface area contributed by atoms with Gasteiger partial charge in [-0.15, -0.1) is 0 Å². The van der Waals surface area contributed by atoms with E-state index in [1.165, 1.54) is 4.90 Å². The van der Waals surface area contributed by atoms with Crippen LogP contribution in [-0.2, 0) is 16.1 Å². The van der Waals surface area contributed by atoms with E-state index >= 15 is 0 Å². The van der Waals surface area contributed by atoms with Crippen molar-refractivity contribution in [2.24, 2.45) is 0 Å². The largest absolute Gasteiger partial charge is 0.482 e. The zero-order chi connectivity index (χ0) is 26.1. The zero-order valence-electron chi connectivity index (χ0n) is 22.2. The number of para-hydroxylation sites is 1. The number of aromatic nitrogens is 1. The standard InChI is InChI=1S/C26H41ClN4O4/c1-8-19(16-28-4)31(18(2)3)26(33)25-23(27)20-12-11-13-21(35-17-22(32)29(5)6)24(20)30(25)14-9-10-15-34-7/h11-13,18-19,28H,8-10,14-17H2,1-7H3. The maximum Gasteiger partial charge on any atom is 0.272 e. The van der Waals surface area contributed by atoms with Gasteiger partial charge < -0.3 is 29.2 Å². The SMILES string of the molecule is CCC(CNC)N(C(=O)c1c(Cl)c2cccc(OCC(=O)N(C)C)c2n1CCCCOC)C(C)C. The number of ether oxygens (including phenoxy) is 2. The summed E-state index contributed by atoms with van der Waals surface area (Å²) in [6.45, 7) is 7.93. The van der Waals surface area contributed by atoms with Gasteiger partial charge in [0.1, 0.15) is 11.4 Å². The summed E-state index contributed by atoms with van der Waals surface area (Å²) >= 11 is 6.92. The van der Waals surface area contributed by atoms with Gasteiger partial charge in [-0.05, 0) is 46.2 Å². The van der Waals surface area contributed by atoms with Crippen LogP contribution in [-0.4, -0.2) is 86.3 Å². The molecule has 0 aliphatic heterocycles. The molecule has 0 saturated carbocycles. The Balaban J connectivity index is 2.64. The maximum atomic E-state index is 14.1. The van der Waals surface area contributed by atoms with E-state index in [2.05, 4.69) is 12.2 Å². The fraction of sp³-hybridized carbons (Fsp3) is 0.615. The molecule has 2 rings (SSSR count). The summed E-state index contributed by atoms with van der Waals surface area (Å²) in [5, 5.41) is 4.35. The second kappa shape index (κ2) is 13.7. The van der Waals surface area contributed by atoms with E-state index in [1.807, 2.05) is 48.6 Å². The Morgan fingerprint density at radius 1 is 1.20 bits per heavy atom. The first-order valence-electron chi connectivity index (χ1n) is 12.3. The van der Waals surface area contributed by atoms with Crippen molar-refractivity contribution in [1.82, 2.24) is 19.7 Å². The molecular weight excluding hydrogens is 468 g/mol. The van der Waals surface area contributed by atoms with E-state index in [4.69, 9.17) is 21.1 Å². The summed E-state index contributed by atoms with van der Waals surface area (Å²) in [6.07, 6.45) is 2.46. The molecule has 0 saturated heterocycles. The Morgan fingerprint density at radius 2 is 1.91 bits per heavy atom. The van der Waals surface area contributed by atoms with Crippen LogP contribution in [0.3, 0.4) is 0 Å². The van der Waals surface area contributed by atoms with Crippen molar-refractivity contribution in [2.75, 3.05) is 48.0 Å². The number of carbonyl (C=O) groups is 2. The second-order valence-electron chi connectivity index (χ2n) is 9.17. The Bertz CT molecular complexity index is 989. The molecule has 9 heteroatoms. The molecular formula is C26H41ClN4O4. The molecule has 8 nitrogen and oxygen atoms in total. The Morgan fingerprint density at radius 3 is 2.49 bits per heavy atom. The van der Waals surface area contributed by atoms with Crippen LogP contribution in [0.5, 0.6) is 5.75 Å². The average Bonchev–Trinajstić information content (AvgIpc) is 3.11. The number of likely N-dealkylation sites (N-methyl/N-ethyl adjacent to an activating group) is 2. The summed E-state index contributed by atoms with van der Waals surface area (Å²) in [5.74, 6) is 0.278. The molecule has 1 aromatic heterocycles. The van der Waals surface area contributed by atoms with Gasteiger partial charge in [0, 0.05) is 58.4 Å². The van der Waals surface area contributed by atoms with E-state index in [-0.39, 0.29) is 30.5 Å². The molecule has 1 atom stereocenters. The van der Waals surface area contributed by atoms with Crippen LogP contribution in [0, 0.1) is 0 Å². The average molecular weight is 509 g/mol. The molecule has 2 aromatic rings. The molecule has 1 heterocycles. The van der Waals surface area contributed by atoms with Gasteiger partial charge in [0.05, 0.1) is 10.5 Å². The summed E-state index contributed by atoms with van der Waals surface area (Å²) in [5.41, 5.74) is 1.19. The first kappa shape index (κ1) is 28.9. The summed E-state index contributed by atoms with van der Waals surface area (Å²) in [4.78, 5) is 29.7. The first-order valence-corrected chi connectivity index (χ1v) is 12.7. The molecule has 1 aromatic carbocycles. The number of amides is 2. The number of halogens is 1. The Labute approximate surface area is 214 Å². The molecule has 0 radical (unpaired) electrons. The number of rotatable bonds is 14. The van der Waals surface area contributed by atoms with Gasteiger partial charge in [-0.2, -0.15) is 0 Å². The number of aryl methyl sites for hydroxylation is 1. The number of carbonyl (C=O) groups excluding carboxylic acids is 2. The third-order valence-electron chi connectivity index (χ3n) is 6.11. The van der Waals surface area contributed by atoms with Crippen LogP contribution in [0.1, 0.15) is 50.5 Å². The fourth-order valence-electron chi connectivity index (χ4n) is 4.29. The molecule has 0 fully saturated rings. The lowest BCUT2D eigenvalue weighted by atomic mass is 10.1. The van der Waals surface area contributed by atoms with Gasteiger partial charge in [-0.3, -0.25) is 9.59 Å². The van der Waals surface area contributed by atoms with Crippen molar-refractivity contribution < 1.29 is 19.1 Å². The highest BCUT2D eigenvalue weighted by molar-refractivity contribution is 6.39. The normalized spacial score (nSPS) is 12.3. The minimum Gasteiger partial charge on any atom is -0.482 e. The van der Waals surface area contributed by atoms with Gasteiger partial charge in [0.25, 0.3) is 11.8 Å². The maximum absolute atomic E-state index is 14.1. The molecule has 1 unspecified atom stereocenters. The fourth-order valence-corrected chi connectivity index (χ4v) is 4.62. The summed E-state index contributed by atoms with van der Waals surface area (Å²) in [7, 11) is 6.95. The van der Waals surface area contributed by atoms with Gasteiger partial charge in [0.2, 0.25) is 0 Å². The lowest BCUT2D eigenvalue weighted by Gasteiger charge is -2.35. The van der Waals surface area contributed by atoms with Crippen molar-refractivity contribution in [3.8, 4) is 5.75 Å². The van der Waals surface area contributed by atoms with E-state index < -0.39 is 0 Å². The first-order chi connectivity index (χ1) is 16.7. The molecule has 0 spiro atoms. The summed E-state index contributed by atoms with van der Waals surface area (Å²) < 4.78 is 13.1. The van der Waals surface area contributed by atoms with Gasteiger partial charge in [0.15, 0.2) is 6.61 Å². The number of nitrogens with one attached hydrogen (secondary N) is 1. The van der Waals surface area contributed by atoms with E-state index in [0.29, 0.717) is 36.2 Å². The third kappa shape index (κ3) is 6.90. The Kier molecular flexibility index (Phi) is 11.3. The lowest BCUT2D eigenvalue weighted by Crippen LogP contribution is -2.49. The number of benzene rings is 1. The predicted molar refractivity (Wildman–Crippen MR) is 142 cm³/mol. The molecule has 0 aliphatic rings. The number of fused-ring (bicyclic) bond motifs is 1. The number of hydrogen-bond donors (Lipinski definition) is 1. The molecule has 196 valence electrons. The van der Waals surface area contributed by atoms with Crippen LogP contribution < -0.4 is 10.1 Å². The highest BCUT2D eigenvalue weighted by Crippen LogP contribution is 2.38. The molecule has 2 amide bonds. The molecule has 35 heavy (non-hydrogen) atoms. The quantitative estimate of drug-likeness (QED) is 0.390. The second-order valence-corrected chi connectivity index (χ2v) is 9.55.